The van der Waals surface area contributed by atoms with Crippen LogP contribution in [0.5, 0.6) is 0 Å². The van der Waals surface area contributed by atoms with Gasteiger partial charge in [-0.25, -0.2) is 0 Å². The number of nitrogens with zero attached hydrogens (tertiary/aromatic N) is 2. The third-order valence-corrected chi connectivity index (χ3v) is 5.97. The smallest absolute Gasteiger partial charge is 0.543 e. The van der Waals surface area contributed by atoms with Crippen molar-refractivity contribution in [1.82, 2.24) is 9.80 Å². The third-order valence-electron chi connectivity index (χ3n) is 3.64. The van der Waals surface area contributed by atoms with E-state index in [2.05, 4.69) is 0 Å². The zero-order valence-electron chi connectivity index (χ0n) is 12.5. The Kier molecular flexibility index (Phi) is 8.22. The van der Waals surface area contributed by atoms with Gasteiger partial charge in [0.15, 0.2) is 0 Å². The van der Waals surface area contributed by atoms with E-state index in [4.69, 9.17) is 0 Å². The molecule has 0 aromatic carbocycles. The summed E-state index contributed by atoms with van der Waals surface area (Å²) in [4.78, 5) is 24.4. The van der Waals surface area contributed by atoms with E-state index in [1.165, 1.54) is 0 Å². The molecule has 0 radical (unpaired) electrons. The number of hydrogen-bond donors (Lipinski definition) is 0. The summed E-state index contributed by atoms with van der Waals surface area (Å²) >= 11 is 3.14. The van der Waals surface area contributed by atoms with Crippen LogP contribution in [0.2, 0.25) is 0 Å². The van der Waals surface area contributed by atoms with Gasteiger partial charge in [0.2, 0.25) is 0 Å². The minimum absolute atomic E-state index is 0. The van der Waals surface area contributed by atoms with E-state index in [1.807, 2.05) is 9.80 Å². The van der Waals surface area contributed by atoms with Crippen LogP contribution in [0.25, 0.3) is 0 Å². The van der Waals surface area contributed by atoms with Crippen LogP contribution in [0.1, 0.15) is 12.8 Å². The van der Waals surface area contributed by atoms with Crippen molar-refractivity contribution in [2.45, 2.75) is 23.6 Å². The van der Waals surface area contributed by atoms with Crippen molar-refractivity contribution in [2.75, 3.05) is 13.1 Å². The number of carboxylic acid groups (broad SMARTS) is 2. The van der Waals surface area contributed by atoms with Gasteiger partial charge in [0.25, 0.3) is 0 Å². The molecule has 0 aliphatic carbocycles. The fourth-order valence-corrected chi connectivity index (χ4v) is 4.56. The van der Waals surface area contributed by atoms with E-state index in [1.54, 1.807) is 34.3 Å². The molecular weight excluding hydrogens is 346 g/mol. The van der Waals surface area contributed by atoms with Crippen molar-refractivity contribution in [3.8, 4) is 0 Å². The van der Waals surface area contributed by atoms with Crippen molar-refractivity contribution >= 4 is 35.5 Å². The second kappa shape index (κ2) is 8.71. The molecule has 2 unspecified atom stereocenters. The molecule has 0 bridgehead atoms. The maximum atomic E-state index is 10.4. The molecule has 0 amide bonds. The van der Waals surface area contributed by atoms with E-state index < -0.39 is 11.9 Å². The standard InChI is InChI=1S/2C6H7NO2S.2Na/c2*8-6(9)4-3-10-5-1-2-7(4)5;;/h2*3,5H,1-2H2,(H,8,9);;/q;;2*+1/p-2. The van der Waals surface area contributed by atoms with Crippen molar-refractivity contribution in [3.05, 3.63) is 22.2 Å². The predicted molar refractivity (Wildman–Crippen MR) is 71.6 cm³/mol. The number of carbonyl (C=O) groups is 2. The molecule has 0 aromatic rings. The molecule has 0 saturated carbocycles. The first-order valence-corrected chi connectivity index (χ1v) is 8.13. The Bertz CT molecular complexity index is 483. The second-order valence-corrected chi connectivity index (χ2v) is 6.83. The topological polar surface area (TPSA) is 86.7 Å². The van der Waals surface area contributed by atoms with Gasteiger partial charge in [0.1, 0.15) is 0 Å². The first-order chi connectivity index (χ1) is 9.58. The van der Waals surface area contributed by atoms with Crippen LogP contribution in [-0.2, 0) is 9.59 Å². The molecule has 4 rings (SSSR count). The molecule has 4 aliphatic heterocycles. The minimum atomic E-state index is -1.05. The molecule has 0 N–H and O–H groups in total. The number of carbonyl (C=O) groups excluding carboxylic acids is 2. The molecule has 4 aliphatic rings. The van der Waals surface area contributed by atoms with Crippen LogP contribution in [0.3, 0.4) is 0 Å². The third kappa shape index (κ3) is 4.03. The summed E-state index contributed by atoms with van der Waals surface area (Å²) in [5.41, 5.74) is 0.725. The van der Waals surface area contributed by atoms with Gasteiger partial charge in [0.05, 0.1) is 34.1 Å². The maximum absolute atomic E-state index is 10.4. The van der Waals surface area contributed by atoms with E-state index in [0.717, 1.165) is 25.9 Å². The molecule has 6 nitrogen and oxygen atoms in total. The van der Waals surface area contributed by atoms with Gasteiger partial charge in [-0.1, -0.05) is 0 Å². The van der Waals surface area contributed by atoms with E-state index in [-0.39, 0.29) is 59.1 Å². The number of aliphatic carboxylic acids is 2. The van der Waals surface area contributed by atoms with E-state index >= 15 is 0 Å². The van der Waals surface area contributed by atoms with E-state index in [0.29, 0.717) is 22.1 Å². The average Bonchev–Trinajstić information content (AvgIpc) is 2.77. The van der Waals surface area contributed by atoms with Crippen LogP contribution in [0.15, 0.2) is 22.2 Å². The molecule has 10 heteroatoms. The zero-order valence-corrected chi connectivity index (χ0v) is 18.1. The number of rotatable bonds is 2. The fourth-order valence-electron chi connectivity index (χ4n) is 2.31. The van der Waals surface area contributed by atoms with Gasteiger partial charge in [-0.2, -0.15) is 0 Å². The molecule has 2 fully saturated rings. The molecule has 0 spiro atoms. The molecule has 22 heavy (non-hydrogen) atoms. The Morgan fingerprint density at radius 3 is 1.41 bits per heavy atom. The second-order valence-electron chi connectivity index (χ2n) is 4.73. The van der Waals surface area contributed by atoms with Crippen LogP contribution in [0.4, 0.5) is 0 Å². The molecule has 4 heterocycles. The van der Waals surface area contributed by atoms with Gasteiger partial charge in [-0.05, 0) is 23.7 Å². The molecule has 108 valence electrons. The van der Waals surface area contributed by atoms with Gasteiger partial charge in [-0.3, -0.25) is 0 Å². The number of thioether (sulfide) groups is 2. The number of fused-ring (bicyclic) bond motifs is 2. The minimum Gasteiger partial charge on any atom is -0.543 e. The van der Waals surface area contributed by atoms with Crippen molar-refractivity contribution in [1.29, 1.82) is 0 Å². The van der Waals surface area contributed by atoms with Gasteiger partial charge in [0, 0.05) is 13.1 Å². The normalized spacial score (nSPS) is 26.4. The zero-order chi connectivity index (χ0) is 14.3. The quantitative estimate of drug-likeness (QED) is 0.450. The Labute approximate surface area is 181 Å². The Morgan fingerprint density at radius 1 is 0.909 bits per heavy atom. The summed E-state index contributed by atoms with van der Waals surface area (Å²) in [7, 11) is 0. The SMILES string of the molecule is O=C([O-])C1=CSC2CCN12.O=C([O-])C1=CSC2CCN12.[Na+].[Na+]. The Balaban J connectivity index is 0.000000202. The summed E-state index contributed by atoms with van der Waals surface area (Å²) in [6.07, 6.45) is 2.19. The maximum Gasteiger partial charge on any atom is 1.00 e. The Hall–Kier alpha value is 0.720. The van der Waals surface area contributed by atoms with Crippen molar-refractivity contribution < 1.29 is 78.9 Å². The Morgan fingerprint density at radius 2 is 1.27 bits per heavy atom. The molecule has 2 atom stereocenters. The number of hydrogen-bond acceptors (Lipinski definition) is 8. The molecule has 2 saturated heterocycles. The van der Waals surface area contributed by atoms with Gasteiger partial charge in [-0.15, -0.1) is 23.5 Å². The first-order valence-electron chi connectivity index (χ1n) is 6.25. The predicted octanol–water partition coefficient (Wildman–Crippen LogP) is -7.28. The monoisotopic (exact) mass is 358 g/mol. The van der Waals surface area contributed by atoms with Gasteiger partial charge >= 0.3 is 59.1 Å². The fraction of sp³-hybridized carbons (Fsp3) is 0.500. The molecular formula is C12H12N2Na2O4S2. The first kappa shape index (κ1) is 20.8. The molecule has 0 aromatic heterocycles. The summed E-state index contributed by atoms with van der Waals surface area (Å²) in [5.74, 6) is -2.09. The van der Waals surface area contributed by atoms with Crippen molar-refractivity contribution in [3.63, 3.8) is 0 Å². The van der Waals surface area contributed by atoms with Crippen LogP contribution in [0, 0.1) is 0 Å². The summed E-state index contributed by atoms with van der Waals surface area (Å²) < 4.78 is 0. The van der Waals surface area contributed by atoms with Crippen molar-refractivity contribution in [2.24, 2.45) is 0 Å². The van der Waals surface area contributed by atoms with E-state index in [9.17, 15) is 19.8 Å². The average molecular weight is 358 g/mol. The van der Waals surface area contributed by atoms with Crippen LogP contribution < -0.4 is 69.3 Å². The van der Waals surface area contributed by atoms with Gasteiger partial charge < -0.3 is 29.6 Å². The largest absolute Gasteiger partial charge is 1.00 e. The summed E-state index contributed by atoms with van der Waals surface area (Å²) in [5, 5.41) is 24.9. The summed E-state index contributed by atoms with van der Waals surface area (Å²) in [6.45, 7) is 1.74. The number of carboxylic acids is 2. The van der Waals surface area contributed by atoms with Crippen LogP contribution >= 0.6 is 23.5 Å². The van der Waals surface area contributed by atoms with Crippen LogP contribution in [-0.4, -0.2) is 45.6 Å². The summed E-state index contributed by atoms with van der Waals surface area (Å²) in [6, 6.07) is 0.